The van der Waals surface area contributed by atoms with Gasteiger partial charge in [-0.05, 0) is 75.0 Å². The number of esters is 1. The van der Waals surface area contributed by atoms with E-state index in [1.54, 1.807) is 6.21 Å². The monoisotopic (exact) mass is 550 g/mol. The van der Waals surface area contributed by atoms with E-state index in [1.165, 1.54) is 5.56 Å². The number of ether oxygens (including phenoxy) is 1. The Kier molecular flexibility index (Phi) is 12.1. The van der Waals surface area contributed by atoms with Crippen molar-refractivity contribution in [3.8, 4) is 5.75 Å². The number of nitrogens with one attached hydrogen (secondary N) is 1. The van der Waals surface area contributed by atoms with Crippen LogP contribution in [-0.2, 0) is 9.59 Å². The minimum absolute atomic E-state index is 0.0384. The van der Waals surface area contributed by atoms with Crippen molar-refractivity contribution in [2.75, 3.05) is 18.0 Å². The number of hydrogen-bond acceptors (Lipinski definition) is 6. The number of hydrogen-bond donors (Lipinski definition) is 2. The number of nitrogens with zero attached hydrogens (tertiary/aromatic N) is 2. The van der Waals surface area contributed by atoms with Crippen LogP contribution in [-0.4, -0.2) is 42.2 Å². The van der Waals surface area contributed by atoms with Crippen LogP contribution >= 0.6 is 7.92 Å². The molecule has 2 aromatic rings. The van der Waals surface area contributed by atoms with Gasteiger partial charge in [-0.25, -0.2) is 0 Å². The molecule has 3 N–H and O–H groups in total. The second-order valence-electron chi connectivity index (χ2n) is 10.1. The molecule has 0 radical (unpaired) electrons. The number of benzene rings is 2. The van der Waals surface area contributed by atoms with Crippen LogP contribution in [0.5, 0.6) is 5.75 Å². The number of carbonyl (C=O) groups excluding carboxylic acids is 2. The first-order valence-electron chi connectivity index (χ1n) is 14.1. The number of nitrogens with two attached hydrogens (primary N) is 1. The number of hydrazone groups is 1. The molecule has 1 fully saturated rings. The summed E-state index contributed by atoms with van der Waals surface area (Å²) in [6, 6.07) is 14.0. The first kappa shape index (κ1) is 30.5. The number of amides is 1. The predicted octanol–water partition coefficient (Wildman–Crippen LogP) is 6.91. The topological polar surface area (TPSA) is 106 Å². The van der Waals surface area contributed by atoms with Crippen molar-refractivity contribution in [2.45, 2.75) is 84.0 Å². The molecule has 2 aromatic carbocycles. The minimum atomic E-state index is -0.540. The van der Waals surface area contributed by atoms with E-state index >= 15 is 0 Å². The van der Waals surface area contributed by atoms with Crippen LogP contribution in [0.25, 0.3) is 0 Å². The van der Waals surface area contributed by atoms with Crippen molar-refractivity contribution in [2.24, 2.45) is 15.9 Å². The number of aliphatic imine (C=N–C) groups is 1. The maximum Gasteiger partial charge on any atom is 0.311 e. The molecule has 1 heterocycles. The highest BCUT2D eigenvalue weighted by molar-refractivity contribution is 7.60. The van der Waals surface area contributed by atoms with Crippen LogP contribution in [0.15, 0.2) is 52.6 Å². The highest BCUT2D eigenvalue weighted by Gasteiger charge is 2.37. The smallest absolute Gasteiger partial charge is 0.311 e. The van der Waals surface area contributed by atoms with Gasteiger partial charge >= 0.3 is 5.97 Å². The van der Waals surface area contributed by atoms with Gasteiger partial charge in [0.2, 0.25) is 5.91 Å². The zero-order valence-electron chi connectivity index (χ0n) is 23.8. The molecule has 3 unspecified atom stereocenters. The Morgan fingerprint density at radius 1 is 1.08 bits per heavy atom. The summed E-state index contributed by atoms with van der Waals surface area (Å²) in [7, 11) is -0.540. The summed E-state index contributed by atoms with van der Waals surface area (Å²) < 4.78 is 5.56. The Bertz CT molecular complexity index is 1140. The SMILES string of the molecule is CCCCP1C(C(=O)Nc2c(C)cccc2C)CCCC1c1ccc(OC(=O)CCC(C=NCC)=NN)cc1. The fourth-order valence-electron chi connectivity index (χ4n) is 5.09. The van der Waals surface area contributed by atoms with E-state index in [2.05, 4.69) is 34.5 Å². The maximum atomic E-state index is 13.6. The number of unbranched alkanes of at least 4 members (excludes halogenated alkanes) is 1. The van der Waals surface area contributed by atoms with Gasteiger partial charge in [-0.15, -0.1) is 0 Å². The fourth-order valence-corrected chi connectivity index (χ4v) is 8.78. The van der Waals surface area contributed by atoms with Crippen LogP contribution in [0.1, 0.15) is 81.1 Å². The van der Waals surface area contributed by atoms with Crippen LogP contribution < -0.4 is 15.9 Å². The second kappa shape index (κ2) is 15.5. The molecule has 1 amide bonds. The molecule has 8 heteroatoms. The third kappa shape index (κ3) is 8.72. The molecular weight excluding hydrogens is 507 g/mol. The molecule has 0 spiro atoms. The van der Waals surface area contributed by atoms with Gasteiger partial charge in [0.05, 0.1) is 17.8 Å². The highest BCUT2D eigenvalue weighted by Crippen LogP contribution is 2.62. The van der Waals surface area contributed by atoms with Crippen molar-refractivity contribution >= 4 is 37.4 Å². The normalized spacial score (nSPS) is 19.7. The van der Waals surface area contributed by atoms with Gasteiger partial charge in [-0.3, -0.25) is 14.6 Å². The van der Waals surface area contributed by atoms with Crippen LogP contribution in [0, 0.1) is 13.8 Å². The van der Waals surface area contributed by atoms with Gasteiger partial charge in [-0.1, -0.05) is 58.0 Å². The predicted molar refractivity (Wildman–Crippen MR) is 164 cm³/mol. The molecule has 0 aromatic heterocycles. The first-order chi connectivity index (χ1) is 18.9. The Balaban J connectivity index is 1.69. The third-order valence-electron chi connectivity index (χ3n) is 7.23. The quantitative estimate of drug-likeness (QED) is 0.0748. The zero-order chi connectivity index (χ0) is 28.2. The van der Waals surface area contributed by atoms with E-state index in [9.17, 15) is 9.59 Å². The minimum Gasteiger partial charge on any atom is -0.427 e. The summed E-state index contributed by atoms with van der Waals surface area (Å²) in [5.41, 5.74) is 5.34. The largest absolute Gasteiger partial charge is 0.427 e. The standard InChI is InChI=1S/C31H43N4O3P/c1-5-7-20-39-27(12-9-13-28(39)31(37)34-30-22(3)10-8-11-23(30)4)24-14-17-26(18-15-24)38-29(36)19-16-25(35-32)21-33-6-2/h8,10-11,14-15,17-18,21,27-28H,5-7,9,12-13,16,19-20,32H2,1-4H3,(H,34,37). The summed E-state index contributed by atoms with van der Waals surface area (Å²) in [5.74, 6) is 5.73. The summed E-state index contributed by atoms with van der Waals surface area (Å²) in [4.78, 5) is 30.1. The van der Waals surface area contributed by atoms with Gasteiger partial charge < -0.3 is 15.9 Å². The zero-order valence-corrected chi connectivity index (χ0v) is 24.7. The fraction of sp³-hybridized carbons (Fsp3) is 0.484. The summed E-state index contributed by atoms with van der Waals surface area (Å²) in [5, 5.41) is 6.97. The summed E-state index contributed by atoms with van der Waals surface area (Å²) >= 11 is 0. The molecule has 1 saturated heterocycles. The van der Waals surface area contributed by atoms with Gasteiger partial charge in [0.1, 0.15) is 5.75 Å². The van der Waals surface area contributed by atoms with E-state index in [4.69, 9.17) is 10.6 Å². The van der Waals surface area contributed by atoms with Gasteiger partial charge in [0, 0.05) is 30.5 Å². The number of anilines is 1. The average Bonchev–Trinajstić information content (AvgIpc) is 2.94. The van der Waals surface area contributed by atoms with Gasteiger partial charge in [0.15, 0.2) is 0 Å². The molecule has 1 aliphatic heterocycles. The van der Waals surface area contributed by atoms with Crippen molar-refractivity contribution in [1.82, 2.24) is 0 Å². The molecule has 3 rings (SSSR count). The first-order valence-corrected chi connectivity index (χ1v) is 15.7. The van der Waals surface area contributed by atoms with Crippen LogP contribution in [0.3, 0.4) is 0 Å². The second-order valence-corrected chi connectivity index (χ2v) is 12.8. The van der Waals surface area contributed by atoms with Crippen molar-refractivity contribution < 1.29 is 14.3 Å². The number of carbonyl (C=O) groups is 2. The molecule has 0 saturated carbocycles. The Hall–Kier alpha value is -3.05. The van der Waals surface area contributed by atoms with Crippen LogP contribution in [0.4, 0.5) is 5.69 Å². The van der Waals surface area contributed by atoms with E-state index in [-0.39, 0.29) is 24.0 Å². The average molecular weight is 551 g/mol. The summed E-state index contributed by atoms with van der Waals surface area (Å²) in [6.45, 7) is 8.86. The van der Waals surface area contributed by atoms with Gasteiger partial charge in [-0.2, -0.15) is 5.10 Å². The molecule has 0 bridgehead atoms. The van der Waals surface area contributed by atoms with Crippen LogP contribution in [0.2, 0.25) is 0 Å². The molecule has 1 aliphatic rings. The third-order valence-corrected chi connectivity index (χ3v) is 10.7. The van der Waals surface area contributed by atoms with Crippen molar-refractivity contribution in [1.29, 1.82) is 0 Å². The summed E-state index contributed by atoms with van der Waals surface area (Å²) in [6.07, 6.45) is 8.54. The van der Waals surface area contributed by atoms with E-state index in [0.29, 0.717) is 30.1 Å². The number of aryl methyl sites for hydroxylation is 2. The van der Waals surface area contributed by atoms with E-state index in [0.717, 1.165) is 55.1 Å². The lowest BCUT2D eigenvalue weighted by atomic mass is 10.0. The molecular formula is C31H43N4O3P. The van der Waals surface area contributed by atoms with Crippen molar-refractivity contribution in [3.63, 3.8) is 0 Å². The number of para-hydroxylation sites is 1. The Morgan fingerprint density at radius 2 is 1.79 bits per heavy atom. The maximum absolute atomic E-state index is 13.6. The number of rotatable bonds is 12. The highest BCUT2D eigenvalue weighted by atomic mass is 31.1. The molecule has 7 nitrogen and oxygen atoms in total. The Morgan fingerprint density at radius 3 is 2.44 bits per heavy atom. The lowest BCUT2D eigenvalue weighted by molar-refractivity contribution is -0.134. The Labute approximate surface area is 234 Å². The van der Waals surface area contributed by atoms with Gasteiger partial charge in [0.25, 0.3) is 0 Å². The molecule has 3 atom stereocenters. The molecule has 39 heavy (non-hydrogen) atoms. The molecule has 0 aliphatic carbocycles. The lowest BCUT2D eigenvalue weighted by Crippen LogP contribution is -2.31. The van der Waals surface area contributed by atoms with E-state index in [1.807, 2.05) is 51.1 Å². The molecule has 210 valence electrons. The lowest BCUT2D eigenvalue weighted by Gasteiger charge is -2.38. The van der Waals surface area contributed by atoms with Crippen molar-refractivity contribution in [3.05, 3.63) is 59.2 Å². The van der Waals surface area contributed by atoms with E-state index < -0.39 is 7.92 Å².